The quantitative estimate of drug-likeness (QED) is 0.880. The molecule has 136 valence electrons. The maximum Gasteiger partial charge on any atom is 0.196 e. The number of pyridine rings is 1. The monoisotopic (exact) mass is 359 g/mol. The average Bonchev–Trinajstić information content (AvgIpc) is 3.20. The van der Waals surface area contributed by atoms with Gasteiger partial charge in [-0.3, -0.25) is 0 Å². The Morgan fingerprint density at radius 1 is 1.19 bits per heavy atom. The summed E-state index contributed by atoms with van der Waals surface area (Å²) in [6.07, 6.45) is 1.90. The number of nitrogen functional groups attached to an aromatic ring is 1. The molecule has 0 unspecified atom stereocenters. The maximum absolute atomic E-state index is 9.61. The molecule has 3 rings (SSSR count). The molecule has 0 saturated carbocycles. The number of allylic oxidation sites excluding steroid dienone is 3. The Labute approximate surface area is 158 Å². The highest BCUT2D eigenvalue weighted by atomic mass is 16.4. The van der Waals surface area contributed by atoms with Crippen molar-refractivity contribution >= 4 is 28.9 Å². The Kier molecular flexibility index (Phi) is 4.75. The summed E-state index contributed by atoms with van der Waals surface area (Å²) in [4.78, 5) is 6.46. The number of furan rings is 1. The number of rotatable bonds is 4. The van der Waals surface area contributed by atoms with E-state index in [1.54, 1.807) is 0 Å². The van der Waals surface area contributed by atoms with Gasteiger partial charge >= 0.3 is 0 Å². The van der Waals surface area contributed by atoms with Crippen molar-refractivity contribution in [1.29, 1.82) is 10.5 Å². The lowest BCUT2D eigenvalue weighted by Gasteiger charge is -2.16. The molecule has 2 aromatic rings. The first-order valence-electron chi connectivity index (χ1n) is 8.85. The zero-order valence-electron chi connectivity index (χ0n) is 15.9. The number of anilines is 2. The van der Waals surface area contributed by atoms with Crippen LogP contribution in [0.2, 0.25) is 0 Å². The van der Waals surface area contributed by atoms with Gasteiger partial charge in [-0.15, -0.1) is 0 Å². The summed E-state index contributed by atoms with van der Waals surface area (Å²) in [5.41, 5.74) is 10.4. The molecule has 1 aliphatic carbocycles. The van der Waals surface area contributed by atoms with Crippen molar-refractivity contribution in [2.75, 3.05) is 23.7 Å². The predicted molar refractivity (Wildman–Crippen MR) is 106 cm³/mol. The van der Waals surface area contributed by atoms with E-state index < -0.39 is 0 Å². The fourth-order valence-corrected chi connectivity index (χ4v) is 3.46. The summed E-state index contributed by atoms with van der Waals surface area (Å²) in [7, 11) is 0. The highest BCUT2D eigenvalue weighted by Gasteiger charge is 2.29. The summed E-state index contributed by atoms with van der Waals surface area (Å²) in [5.74, 6) is 1.64. The van der Waals surface area contributed by atoms with Gasteiger partial charge in [0.25, 0.3) is 0 Å². The van der Waals surface area contributed by atoms with Crippen molar-refractivity contribution in [2.45, 2.75) is 27.7 Å². The van der Waals surface area contributed by atoms with Crippen molar-refractivity contribution in [3.8, 4) is 12.1 Å². The molecule has 0 aromatic carbocycles. The molecule has 0 atom stereocenters. The largest absolute Gasteiger partial charge is 0.441 e. The molecule has 0 saturated heterocycles. The highest BCUT2D eigenvalue weighted by Crippen LogP contribution is 2.44. The van der Waals surface area contributed by atoms with Gasteiger partial charge in [-0.2, -0.15) is 10.5 Å². The number of nitrogens with two attached hydrogens (primary N) is 1. The first-order chi connectivity index (χ1) is 13.0. The second kappa shape index (κ2) is 7.01. The standard InChI is InChI=1S/C21H21N5O/c1-5-26(6-2)18-8-7-14(27-18)9-15-12(3)16(10-22)20-19(15)13(4)17(11-23)21(24)25-20/h7-9H,5-6H2,1-4H3,(H2,24,25)/b15-9-. The van der Waals surface area contributed by atoms with E-state index in [4.69, 9.17) is 10.2 Å². The van der Waals surface area contributed by atoms with Crippen molar-refractivity contribution in [1.82, 2.24) is 4.98 Å². The molecule has 0 fully saturated rings. The SMILES string of the molecule is CCN(CC)c1ccc(/C=C2/C(C)=C(C#N)c3nc(N)c(C#N)c(C)c32)o1. The number of fused-ring (bicyclic) bond motifs is 1. The number of hydrogen-bond donors (Lipinski definition) is 1. The van der Waals surface area contributed by atoms with Crippen LogP contribution in [0.5, 0.6) is 0 Å². The van der Waals surface area contributed by atoms with Crippen LogP contribution in [-0.2, 0) is 0 Å². The van der Waals surface area contributed by atoms with Crippen molar-refractivity contribution in [2.24, 2.45) is 0 Å². The molecule has 0 spiro atoms. The van der Waals surface area contributed by atoms with Crippen LogP contribution in [0.3, 0.4) is 0 Å². The lowest BCUT2D eigenvalue weighted by atomic mass is 9.96. The van der Waals surface area contributed by atoms with Crippen LogP contribution in [0.4, 0.5) is 11.7 Å². The Morgan fingerprint density at radius 2 is 1.89 bits per heavy atom. The van der Waals surface area contributed by atoms with Crippen LogP contribution in [0.15, 0.2) is 22.1 Å². The molecular formula is C21H21N5O. The van der Waals surface area contributed by atoms with Gasteiger partial charge in [-0.25, -0.2) is 4.98 Å². The van der Waals surface area contributed by atoms with Gasteiger partial charge in [0.1, 0.15) is 23.7 Å². The van der Waals surface area contributed by atoms with Gasteiger partial charge in [0.05, 0.1) is 16.8 Å². The lowest BCUT2D eigenvalue weighted by molar-refractivity contribution is 0.541. The zero-order valence-corrected chi connectivity index (χ0v) is 15.9. The zero-order chi connectivity index (χ0) is 19.7. The van der Waals surface area contributed by atoms with Crippen LogP contribution in [0, 0.1) is 29.6 Å². The third-order valence-corrected chi connectivity index (χ3v) is 4.96. The normalized spacial score (nSPS) is 14.2. The average molecular weight is 359 g/mol. The topological polar surface area (TPSA) is 103 Å². The van der Waals surface area contributed by atoms with E-state index in [9.17, 15) is 10.5 Å². The lowest BCUT2D eigenvalue weighted by Crippen LogP contribution is -2.20. The van der Waals surface area contributed by atoms with Gasteiger partial charge in [0.2, 0.25) is 0 Å². The Balaban J connectivity index is 2.19. The molecule has 2 heterocycles. The number of hydrogen-bond acceptors (Lipinski definition) is 6. The van der Waals surface area contributed by atoms with Crippen LogP contribution in [-0.4, -0.2) is 18.1 Å². The smallest absolute Gasteiger partial charge is 0.196 e. The molecule has 1 aliphatic rings. The summed E-state index contributed by atoms with van der Waals surface area (Å²) in [5, 5.41) is 19.0. The van der Waals surface area contributed by atoms with E-state index in [1.165, 1.54) is 0 Å². The second-order valence-corrected chi connectivity index (χ2v) is 6.35. The van der Waals surface area contributed by atoms with Crippen molar-refractivity contribution in [3.63, 3.8) is 0 Å². The maximum atomic E-state index is 9.61. The Bertz CT molecular complexity index is 1060. The van der Waals surface area contributed by atoms with E-state index in [-0.39, 0.29) is 5.82 Å². The van der Waals surface area contributed by atoms with Crippen LogP contribution in [0.1, 0.15) is 48.9 Å². The highest BCUT2D eigenvalue weighted by molar-refractivity contribution is 6.08. The summed E-state index contributed by atoms with van der Waals surface area (Å²) < 4.78 is 5.98. The molecule has 2 N–H and O–H groups in total. The summed E-state index contributed by atoms with van der Waals surface area (Å²) in [6.45, 7) is 9.57. The third-order valence-electron chi connectivity index (χ3n) is 4.96. The van der Waals surface area contributed by atoms with Gasteiger partial charge in [-0.1, -0.05) is 0 Å². The van der Waals surface area contributed by atoms with Crippen LogP contribution < -0.4 is 10.6 Å². The number of aromatic nitrogens is 1. The minimum absolute atomic E-state index is 0.150. The predicted octanol–water partition coefficient (Wildman–Crippen LogP) is 4.13. The molecule has 0 aliphatic heterocycles. The van der Waals surface area contributed by atoms with E-state index in [2.05, 4.69) is 35.9 Å². The fourth-order valence-electron chi connectivity index (χ4n) is 3.46. The Morgan fingerprint density at radius 3 is 2.48 bits per heavy atom. The van der Waals surface area contributed by atoms with E-state index in [0.717, 1.165) is 41.2 Å². The minimum Gasteiger partial charge on any atom is -0.441 e. The molecule has 6 nitrogen and oxygen atoms in total. The van der Waals surface area contributed by atoms with Crippen molar-refractivity contribution in [3.05, 3.63) is 45.9 Å². The Hall–Kier alpha value is -3.51. The second-order valence-electron chi connectivity index (χ2n) is 6.35. The van der Waals surface area contributed by atoms with Gasteiger partial charge in [0.15, 0.2) is 5.88 Å². The van der Waals surface area contributed by atoms with Gasteiger partial charge < -0.3 is 15.1 Å². The number of nitrogens with zero attached hydrogens (tertiary/aromatic N) is 4. The molecule has 0 bridgehead atoms. The molecular weight excluding hydrogens is 338 g/mol. The van der Waals surface area contributed by atoms with Crippen molar-refractivity contribution < 1.29 is 4.42 Å². The van der Waals surface area contributed by atoms with E-state index >= 15 is 0 Å². The summed E-state index contributed by atoms with van der Waals surface area (Å²) in [6, 6.07) is 8.18. The molecule has 6 heteroatoms. The minimum atomic E-state index is 0.150. The van der Waals surface area contributed by atoms with Crippen LogP contribution in [0.25, 0.3) is 17.2 Å². The van der Waals surface area contributed by atoms with E-state index in [0.29, 0.717) is 22.6 Å². The summed E-state index contributed by atoms with van der Waals surface area (Å²) >= 11 is 0. The molecule has 0 amide bonds. The van der Waals surface area contributed by atoms with Crippen LogP contribution >= 0.6 is 0 Å². The molecule has 2 aromatic heterocycles. The fraction of sp³-hybridized carbons (Fsp3) is 0.286. The first-order valence-corrected chi connectivity index (χ1v) is 8.85. The third kappa shape index (κ3) is 2.86. The van der Waals surface area contributed by atoms with Gasteiger partial charge in [-0.05, 0) is 56.5 Å². The molecule has 27 heavy (non-hydrogen) atoms. The first kappa shape index (κ1) is 18.3. The number of nitriles is 2. The molecule has 0 radical (unpaired) electrons. The van der Waals surface area contributed by atoms with E-state index in [1.807, 2.05) is 32.1 Å². The van der Waals surface area contributed by atoms with Gasteiger partial charge in [0, 0.05) is 24.7 Å².